The largest absolute Gasteiger partial charge is 0.378 e. The summed E-state index contributed by atoms with van der Waals surface area (Å²) in [4.78, 5) is 8.18. The lowest BCUT2D eigenvalue weighted by molar-refractivity contribution is -0.0976. The van der Waals surface area contributed by atoms with Crippen LogP contribution in [0.15, 0.2) is 17.0 Å². The van der Waals surface area contributed by atoms with Crippen molar-refractivity contribution in [2.45, 2.75) is 39.3 Å². The van der Waals surface area contributed by atoms with Crippen molar-refractivity contribution in [2.24, 2.45) is 5.41 Å². The van der Waals surface area contributed by atoms with Gasteiger partial charge in [-0.25, -0.2) is 9.97 Å². The van der Waals surface area contributed by atoms with Crippen LogP contribution in [-0.4, -0.2) is 28.7 Å². The fraction of sp³-hybridized carbons (Fsp3) is 0.667. The summed E-state index contributed by atoms with van der Waals surface area (Å²) in [6, 6.07) is 0.394. The third-order valence-electron chi connectivity index (χ3n) is 3.52. The Labute approximate surface area is 110 Å². The molecule has 1 N–H and O–H groups in total. The van der Waals surface area contributed by atoms with Crippen molar-refractivity contribution in [1.29, 1.82) is 0 Å². The number of hydrogen-bond donors (Lipinski definition) is 1. The highest BCUT2D eigenvalue weighted by atomic mass is 79.9. The van der Waals surface area contributed by atoms with Crippen LogP contribution in [0, 0.1) is 5.41 Å². The summed E-state index contributed by atoms with van der Waals surface area (Å²) in [6.45, 7) is 7.27. The van der Waals surface area contributed by atoms with E-state index in [1.165, 1.54) is 0 Å². The highest BCUT2D eigenvalue weighted by Gasteiger charge is 2.49. The molecular weight excluding hydrogens is 282 g/mol. The lowest BCUT2D eigenvalue weighted by Gasteiger charge is -2.51. The van der Waals surface area contributed by atoms with Crippen molar-refractivity contribution < 1.29 is 4.74 Å². The molecule has 0 aromatic carbocycles. The van der Waals surface area contributed by atoms with E-state index < -0.39 is 0 Å². The van der Waals surface area contributed by atoms with E-state index in [1.807, 2.05) is 6.92 Å². The zero-order chi connectivity index (χ0) is 12.5. The monoisotopic (exact) mass is 299 g/mol. The van der Waals surface area contributed by atoms with E-state index in [2.05, 4.69) is 45.1 Å². The summed E-state index contributed by atoms with van der Waals surface area (Å²) in [5.41, 5.74) is 0.139. The summed E-state index contributed by atoms with van der Waals surface area (Å²) >= 11 is 3.44. The molecule has 5 heteroatoms. The molecule has 0 spiro atoms. The van der Waals surface area contributed by atoms with Gasteiger partial charge in [-0.15, -0.1) is 0 Å². The van der Waals surface area contributed by atoms with Gasteiger partial charge in [-0.3, -0.25) is 0 Å². The van der Waals surface area contributed by atoms with E-state index >= 15 is 0 Å². The number of aromatic nitrogens is 2. The summed E-state index contributed by atoms with van der Waals surface area (Å²) in [7, 11) is 0. The standard InChI is InChI=1S/C12H18BrN3O/c1-4-17-10-5-9(12(10,2)3)16-11-8(13)6-14-7-15-11/h6-7,9-10H,4-5H2,1-3H3,(H,14,15,16). The summed E-state index contributed by atoms with van der Waals surface area (Å²) in [5, 5.41) is 3.45. The Kier molecular flexibility index (Phi) is 3.68. The van der Waals surface area contributed by atoms with Gasteiger partial charge in [0.15, 0.2) is 0 Å². The van der Waals surface area contributed by atoms with Crippen LogP contribution in [0.4, 0.5) is 5.82 Å². The van der Waals surface area contributed by atoms with Crippen molar-refractivity contribution in [1.82, 2.24) is 9.97 Å². The Bertz CT molecular complexity index is 397. The molecule has 4 nitrogen and oxygen atoms in total. The molecule has 1 aromatic rings. The third-order valence-corrected chi connectivity index (χ3v) is 4.10. The summed E-state index contributed by atoms with van der Waals surface area (Å²) in [5.74, 6) is 0.855. The Morgan fingerprint density at radius 1 is 1.59 bits per heavy atom. The predicted octanol–water partition coefficient (Wildman–Crippen LogP) is 2.85. The summed E-state index contributed by atoms with van der Waals surface area (Å²) < 4.78 is 6.61. The smallest absolute Gasteiger partial charge is 0.143 e. The molecule has 1 aromatic heterocycles. The van der Waals surface area contributed by atoms with E-state index in [9.17, 15) is 0 Å². The van der Waals surface area contributed by atoms with E-state index in [-0.39, 0.29) is 5.41 Å². The molecule has 1 heterocycles. The predicted molar refractivity (Wildman–Crippen MR) is 71.0 cm³/mol. The summed E-state index contributed by atoms with van der Waals surface area (Å²) in [6.07, 6.45) is 4.67. The Morgan fingerprint density at radius 3 is 2.94 bits per heavy atom. The second kappa shape index (κ2) is 4.90. The molecule has 2 rings (SSSR count). The number of hydrogen-bond acceptors (Lipinski definition) is 4. The topological polar surface area (TPSA) is 47.0 Å². The normalized spacial score (nSPS) is 26.4. The Hall–Kier alpha value is -0.680. The lowest BCUT2D eigenvalue weighted by atomic mass is 9.64. The van der Waals surface area contributed by atoms with Crippen LogP contribution in [-0.2, 0) is 4.74 Å². The molecule has 0 saturated heterocycles. The van der Waals surface area contributed by atoms with Gasteiger partial charge in [0.25, 0.3) is 0 Å². The van der Waals surface area contributed by atoms with Gasteiger partial charge in [-0.05, 0) is 29.3 Å². The number of halogens is 1. The van der Waals surface area contributed by atoms with Crippen LogP contribution in [0.25, 0.3) is 0 Å². The lowest BCUT2D eigenvalue weighted by Crippen LogP contribution is -2.58. The highest BCUT2D eigenvalue weighted by molar-refractivity contribution is 9.10. The molecule has 0 aliphatic heterocycles. The van der Waals surface area contributed by atoms with Gasteiger partial charge < -0.3 is 10.1 Å². The second-order valence-electron chi connectivity index (χ2n) is 4.92. The van der Waals surface area contributed by atoms with Crippen molar-refractivity contribution in [3.05, 3.63) is 17.0 Å². The number of rotatable bonds is 4. The zero-order valence-electron chi connectivity index (χ0n) is 10.4. The van der Waals surface area contributed by atoms with E-state index in [0.29, 0.717) is 12.1 Å². The van der Waals surface area contributed by atoms with Crippen LogP contribution in [0.1, 0.15) is 27.2 Å². The Morgan fingerprint density at radius 2 is 2.35 bits per heavy atom. The molecule has 1 aliphatic carbocycles. The fourth-order valence-electron chi connectivity index (χ4n) is 2.20. The Balaban J connectivity index is 2.01. The first-order valence-electron chi connectivity index (χ1n) is 5.89. The van der Waals surface area contributed by atoms with Crippen molar-refractivity contribution in [3.8, 4) is 0 Å². The molecule has 17 heavy (non-hydrogen) atoms. The van der Waals surface area contributed by atoms with E-state index in [1.54, 1.807) is 12.5 Å². The van der Waals surface area contributed by atoms with Gasteiger partial charge in [0, 0.05) is 24.3 Å². The average molecular weight is 300 g/mol. The van der Waals surface area contributed by atoms with Gasteiger partial charge in [-0.2, -0.15) is 0 Å². The first kappa shape index (κ1) is 12.8. The minimum Gasteiger partial charge on any atom is -0.378 e. The van der Waals surface area contributed by atoms with Crippen LogP contribution in [0.5, 0.6) is 0 Å². The minimum absolute atomic E-state index is 0.139. The first-order chi connectivity index (χ1) is 8.05. The molecule has 0 amide bonds. The number of ether oxygens (including phenoxy) is 1. The molecular formula is C12H18BrN3O. The molecule has 2 unspecified atom stereocenters. The van der Waals surface area contributed by atoms with Crippen molar-refractivity contribution >= 4 is 21.7 Å². The zero-order valence-corrected chi connectivity index (χ0v) is 12.0. The van der Waals surface area contributed by atoms with Crippen molar-refractivity contribution in [2.75, 3.05) is 11.9 Å². The number of nitrogens with zero attached hydrogens (tertiary/aromatic N) is 2. The maximum Gasteiger partial charge on any atom is 0.143 e. The van der Waals surface area contributed by atoms with E-state index in [4.69, 9.17) is 4.74 Å². The van der Waals surface area contributed by atoms with E-state index in [0.717, 1.165) is 23.3 Å². The maximum absolute atomic E-state index is 5.71. The van der Waals surface area contributed by atoms with Crippen LogP contribution in [0.2, 0.25) is 0 Å². The molecule has 0 radical (unpaired) electrons. The van der Waals surface area contributed by atoms with Crippen molar-refractivity contribution in [3.63, 3.8) is 0 Å². The molecule has 1 aliphatic rings. The first-order valence-corrected chi connectivity index (χ1v) is 6.68. The molecule has 94 valence electrons. The second-order valence-corrected chi connectivity index (χ2v) is 5.77. The minimum atomic E-state index is 0.139. The van der Waals surface area contributed by atoms with Gasteiger partial charge in [-0.1, -0.05) is 13.8 Å². The van der Waals surface area contributed by atoms with Crippen LogP contribution >= 0.6 is 15.9 Å². The SMILES string of the molecule is CCOC1CC(Nc2ncncc2Br)C1(C)C. The van der Waals surface area contributed by atoms with Gasteiger partial charge in [0.2, 0.25) is 0 Å². The molecule has 1 saturated carbocycles. The fourth-order valence-corrected chi connectivity index (χ4v) is 2.53. The molecule has 2 atom stereocenters. The molecule has 1 fully saturated rings. The number of nitrogens with one attached hydrogen (secondary N) is 1. The maximum atomic E-state index is 5.71. The quantitative estimate of drug-likeness (QED) is 0.929. The van der Waals surface area contributed by atoms with Crippen LogP contribution in [0.3, 0.4) is 0 Å². The molecule has 0 bridgehead atoms. The van der Waals surface area contributed by atoms with Crippen LogP contribution < -0.4 is 5.32 Å². The van der Waals surface area contributed by atoms with Gasteiger partial charge >= 0.3 is 0 Å². The number of anilines is 1. The van der Waals surface area contributed by atoms with Gasteiger partial charge in [0.05, 0.1) is 10.6 Å². The average Bonchev–Trinajstić information content (AvgIpc) is 2.30. The third kappa shape index (κ3) is 2.45. The highest BCUT2D eigenvalue weighted by Crippen LogP contribution is 2.44. The van der Waals surface area contributed by atoms with Gasteiger partial charge in [0.1, 0.15) is 12.1 Å².